The van der Waals surface area contributed by atoms with Gasteiger partial charge in [-0.25, -0.2) is 13.1 Å². The fraction of sp³-hybridized carbons (Fsp3) is 0.231. The van der Waals surface area contributed by atoms with E-state index in [2.05, 4.69) is 25.6 Å². The number of rotatable bonds is 5. The number of aliphatic hydroxyl groups excluding tert-OH is 1. The number of aromatic amines is 1. The van der Waals surface area contributed by atoms with Gasteiger partial charge in [0.05, 0.1) is 11.5 Å². The van der Waals surface area contributed by atoms with E-state index in [1.807, 2.05) is 24.3 Å². The van der Waals surface area contributed by atoms with Gasteiger partial charge in [-0.15, -0.1) is 0 Å². The summed E-state index contributed by atoms with van der Waals surface area (Å²) in [6.07, 6.45) is 1.36. The van der Waals surface area contributed by atoms with E-state index < -0.39 is 10.0 Å². The van der Waals surface area contributed by atoms with Crippen molar-refractivity contribution in [1.29, 1.82) is 0 Å². The fourth-order valence-corrected chi connectivity index (χ4v) is 3.30. The molecule has 0 aliphatic carbocycles. The molecule has 1 unspecified atom stereocenters. The van der Waals surface area contributed by atoms with Crippen LogP contribution in [0.3, 0.4) is 0 Å². The normalized spacial score (nSPS) is 13.3. The Bertz CT molecular complexity index is 680. The van der Waals surface area contributed by atoms with Crippen molar-refractivity contribution in [3.8, 4) is 0 Å². The maximum atomic E-state index is 12.2. The highest BCUT2D eigenvalue weighted by molar-refractivity contribution is 9.10. The molecule has 1 aromatic heterocycles. The molecule has 0 bridgehead atoms. The molecule has 0 spiro atoms. The molecule has 0 aliphatic rings. The van der Waals surface area contributed by atoms with Gasteiger partial charge in [-0.1, -0.05) is 28.1 Å². The van der Waals surface area contributed by atoms with Gasteiger partial charge in [-0.3, -0.25) is 0 Å². The lowest BCUT2D eigenvalue weighted by Gasteiger charge is -2.14. The van der Waals surface area contributed by atoms with Gasteiger partial charge in [0.25, 0.3) is 0 Å². The van der Waals surface area contributed by atoms with Gasteiger partial charge in [0.2, 0.25) is 10.0 Å². The minimum atomic E-state index is -3.61. The van der Waals surface area contributed by atoms with Crippen LogP contribution in [-0.2, 0) is 16.6 Å². The van der Waals surface area contributed by atoms with Crippen molar-refractivity contribution in [1.82, 2.24) is 9.71 Å². The van der Waals surface area contributed by atoms with Gasteiger partial charge in [0.15, 0.2) is 0 Å². The van der Waals surface area contributed by atoms with E-state index in [1.54, 1.807) is 6.92 Å². The van der Waals surface area contributed by atoms with Crippen LogP contribution in [0.2, 0.25) is 0 Å². The van der Waals surface area contributed by atoms with Gasteiger partial charge >= 0.3 is 0 Å². The Morgan fingerprint density at radius 1 is 1.35 bits per heavy atom. The molecule has 5 nitrogen and oxygen atoms in total. The summed E-state index contributed by atoms with van der Waals surface area (Å²) >= 11 is 3.34. The smallest absolute Gasteiger partial charge is 0.242 e. The Balaban J connectivity index is 2.17. The number of nitrogens with one attached hydrogen (secondary N) is 2. The van der Waals surface area contributed by atoms with E-state index in [4.69, 9.17) is 5.11 Å². The lowest BCUT2D eigenvalue weighted by molar-refractivity contribution is 0.277. The first-order valence-corrected chi connectivity index (χ1v) is 8.26. The minimum absolute atomic E-state index is 0.116. The molecule has 108 valence electrons. The summed E-state index contributed by atoms with van der Waals surface area (Å²) in [5.74, 6) is 0. The monoisotopic (exact) mass is 358 g/mol. The Labute approximate surface area is 126 Å². The number of benzene rings is 1. The van der Waals surface area contributed by atoms with Crippen molar-refractivity contribution in [3.05, 3.63) is 52.3 Å². The zero-order chi connectivity index (χ0) is 14.8. The molecule has 0 saturated heterocycles. The van der Waals surface area contributed by atoms with Gasteiger partial charge < -0.3 is 10.1 Å². The number of aromatic nitrogens is 1. The molecular formula is C13H15BrN2O3S. The number of aliphatic hydroxyl groups is 1. The molecule has 20 heavy (non-hydrogen) atoms. The SMILES string of the molecule is CC(NS(=O)(=O)c1c[nH]c(CO)c1)c1ccc(Br)cc1. The summed E-state index contributed by atoms with van der Waals surface area (Å²) in [5, 5.41) is 8.95. The van der Waals surface area contributed by atoms with Crippen molar-refractivity contribution >= 4 is 26.0 Å². The topological polar surface area (TPSA) is 82.2 Å². The number of sulfonamides is 1. The molecule has 0 radical (unpaired) electrons. The van der Waals surface area contributed by atoms with Gasteiger partial charge in [0, 0.05) is 22.4 Å². The van der Waals surface area contributed by atoms with Crippen molar-refractivity contribution in [2.45, 2.75) is 24.5 Å². The second-order valence-electron chi connectivity index (χ2n) is 4.41. The first-order chi connectivity index (χ1) is 9.42. The quantitative estimate of drug-likeness (QED) is 0.766. The van der Waals surface area contributed by atoms with Crippen molar-refractivity contribution < 1.29 is 13.5 Å². The summed E-state index contributed by atoms with van der Waals surface area (Å²) in [4.78, 5) is 2.82. The minimum Gasteiger partial charge on any atom is -0.390 e. The van der Waals surface area contributed by atoms with Crippen LogP contribution in [0.15, 0.2) is 45.9 Å². The van der Waals surface area contributed by atoms with Crippen LogP contribution in [0.25, 0.3) is 0 Å². The molecule has 0 aliphatic heterocycles. The fourth-order valence-electron chi connectivity index (χ4n) is 1.79. The Morgan fingerprint density at radius 2 is 2.00 bits per heavy atom. The number of H-pyrrole nitrogens is 1. The largest absolute Gasteiger partial charge is 0.390 e. The van der Waals surface area contributed by atoms with Crippen LogP contribution in [0.4, 0.5) is 0 Å². The first kappa shape index (κ1) is 15.2. The molecule has 0 amide bonds. The summed E-state index contributed by atoms with van der Waals surface area (Å²) in [7, 11) is -3.61. The van der Waals surface area contributed by atoms with Gasteiger partial charge in [-0.2, -0.15) is 0 Å². The zero-order valence-corrected chi connectivity index (χ0v) is 13.2. The lowest BCUT2D eigenvalue weighted by Crippen LogP contribution is -2.26. The molecule has 1 aromatic carbocycles. The first-order valence-electron chi connectivity index (χ1n) is 5.98. The standard InChI is InChI=1S/C13H15BrN2O3S/c1-9(10-2-4-11(14)5-3-10)16-20(18,19)13-6-12(8-17)15-7-13/h2-7,9,15-17H,8H2,1H3. The Hall–Kier alpha value is -1.15. The highest BCUT2D eigenvalue weighted by Gasteiger charge is 2.19. The molecule has 1 heterocycles. The molecule has 3 N–H and O–H groups in total. The zero-order valence-electron chi connectivity index (χ0n) is 10.8. The van der Waals surface area contributed by atoms with Crippen LogP contribution in [0.1, 0.15) is 24.2 Å². The molecule has 7 heteroatoms. The van der Waals surface area contributed by atoms with E-state index >= 15 is 0 Å². The van der Waals surface area contributed by atoms with E-state index in [9.17, 15) is 8.42 Å². The van der Waals surface area contributed by atoms with Crippen molar-refractivity contribution in [2.24, 2.45) is 0 Å². The van der Waals surface area contributed by atoms with Crippen molar-refractivity contribution in [3.63, 3.8) is 0 Å². The lowest BCUT2D eigenvalue weighted by atomic mass is 10.1. The van der Waals surface area contributed by atoms with Crippen LogP contribution in [-0.4, -0.2) is 18.5 Å². The molecule has 2 rings (SSSR count). The number of hydrogen-bond donors (Lipinski definition) is 3. The van der Waals surface area contributed by atoms with Gasteiger partial charge in [-0.05, 0) is 30.7 Å². The van der Waals surface area contributed by atoms with E-state index in [0.29, 0.717) is 5.69 Å². The number of hydrogen-bond acceptors (Lipinski definition) is 3. The van der Waals surface area contributed by atoms with Crippen molar-refractivity contribution in [2.75, 3.05) is 0 Å². The third kappa shape index (κ3) is 3.49. The molecule has 0 saturated carbocycles. The molecule has 2 aromatic rings. The Morgan fingerprint density at radius 3 is 2.55 bits per heavy atom. The predicted molar refractivity (Wildman–Crippen MR) is 79.6 cm³/mol. The average Bonchev–Trinajstić information content (AvgIpc) is 2.88. The van der Waals surface area contributed by atoms with Crippen LogP contribution >= 0.6 is 15.9 Å². The van der Waals surface area contributed by atoms with E-state index in [0.717, 1.165) is 10.0 Å². The maximum absolute atomic E-state index is 12.2. The van der Waals surface area contributed by atoms with E-state index in [-0.39, 0.29) is 17.5 Å². The maximum Gasteiger partial charge on any atom is 0.242 e. The summed E-state index contributed by atoms with van der Waals surface area (Å²) in [6, 6.07) is 8.50. The average molecular weight is 359 g/mol. The molecule has 0 fully saturated rings. The van der Waals surface area contributed by atoms with Crippen LogP contribution in [0.5, 0.6) is 0 Å². The van der Waals surface area contributed by atoms with Gasteiger partial charge in [0.1, 0.15) is 0 Å². The second kappa shape index (κ2) is 6.09. The predicted octanol–water partition coefficient (Wildman–Crippen LogP) is 2.31. The van der Waals surface area contributed by atoms with Crippen LogP contribution < -0.4 is 4.72 Å². The molecule has 1 atom stereocenters. The molecular weight excluding hydrogens is 344 g/mol. The van der Waals surface area contributed by atoms with Crippen LogP contribution in [0, 0.1) is 0 Å². The summed E-state index contributed by atoms with van der Waals surface area (Å²) < 4.78 is 27.9. The third-order valence-electron chi connectivity index (χ3n) is 2.90. The Kier molecular flexibility index (Phi) is 4.64. The highest BCUT2D eigenvalue weighted by Crippen LogP contribution is 2.19. The number of halogens is 1. The second-order valence-corrected chi connectivity index (χ2v) is 7.04. The summed E-state index contributed by atoms with van der Waals surface area (Å²) in [5.41, 5.74) is 1.33. The third-order valence-corrected chi connectivity index (χ3v) is 4.95. The van der Waals surface area contributed by atoms with E-state index in [1.165, 1.54) is 12.3 Å². The summed E-state index contributed by atoms with van der Waals surface area (Å²) in [6.45, 7) is 1.55. The highest BCUT2D eigenvalue weighted by atomic mass is 79.9.